The van der Waals surface area contributed by atoms with E-state index in [9.17, 15) is 4.79 Å². The molecule has 0 aliphatic heterocycles. The van der Waals surface area contributed by atoms with Gasteiger partial charge in [-0.1, -0.05) is 43.7 Å². The van der Waals surface area contributed by atoms with Crippen molar-refractivity contribution in [1.82, 2.24) is 15.3 Å². The minimum Gasteiger partial charge on any atom is -0.465 e. The number of aromatic amines is 1. The first-order valence-corrected chi connectivity index (χ1v) is 6.31. The largest absolute Gasteiger partial charge is 0.465 e. The van der Waals surface area contributed by atoms with Gasteiger partial charge in [-0.25, -0.2) is 9.78 Å². The van der Waals surface area contributed by atoms with Gasteiger partial charge in [0.05, 0.1) is 11.7 Å². The predicted octanol–water partition coefficient (Wildman–Crippen LogP) is 3.19. The molecule has 1 aromatic carbocycles. The lowest BCUT2D eigenvalue weighted by atomic mass is 10.1. The van der Waals surface area contributed by atoms with E-state index in [0.717, 1.165) is 17.7 Å². The summed E-state index contributed by atoms with van der Waals surface area (Å²) in [6.45, 7) is 2.01. The number of rotatable bonds is 5. The van der Waals surface area contributed by atoms with Gasteiger partial charge in [-0.05, 0) is 6.42 Å². The quantitative estimate of drug-likeness (QED) is 0.771. The van der Waals surface area contributed by atoms with Gasteiger partial charge in [-0.2, -0.15) is 0 Å². The number of imidazole rings is 1. The molecule has 3 N–H and O–H groups in total. The molecule has 0 aliphatic rings. The Kier molecular flexibility index (Phi) is 4.18. The second-order valence-electron chi connectivity index (χ2n) is 4.33. The summed E-state index contributed by atoms with van der Waals surface area (Å²) in [5.74, 6) is 0.656. The molecule has 0 bridgehead atoms. The summed E-state index contributed by atoms with van der Waals surface area (Å²) in [6, 6.07) is 9.49. The van der Waals surface area contributed by atoms with Gasteiger partial charge in [-0.15, -0.1) is 0 Å². The molecule has 1 unspecified atom stereocenters. The van der Waals surface area contributed by atoms with E-state index in [2.05, 4.69) is 15.3 Å². The lowest BCUT2D eigenvalue weighted by Crippen LogP contribution is -2.27. The smallest absolute Gasteiger partial charge is 0.405 e. The molecular formula is C14H17N3O2. The van der Waals surface area contributed by atoms with E-state index in [1.54, 1.807) is 6.20 Å². The van der Waals surface area contributed by atoms with Crippen LogP contribution in [0.25, 0.3) is 11.3 Å². The Morgan fingerprint density at radius 3 is 2.79 bits per heavy atom. The molecule has 5 heteroatoms. The van der Waals surface area contributed by atoms with E-state index in [0.29, 0.717) is 12.2 Å². The lowest BCUT2D eigenvalue weighted by molar-refractivity contribution is 0.188. The van der Waals surface area contributed by atoms with Crippen molar-refractivity contribution in [3.8, 4) is 11.3 Å². The van der Waals surface area contributed by atoms with Crippen LogP contribution in [0.4, 0.5) is 4.79 Å². The van der Waals surface area contributed by atoms with E-state index < -0.39 is 6.09 Å². The predicted molar refractivity (Wildman–Crippen MR) is 72.8 cm³/mol. The second-order valence-corrected chi connectivity index (χ2v) is 4.33. The van der Waals surface area contributed by atoms with Crippen LogP contribution in [0.1, 0.15) is 31.6 Å². The van der Waals surface area contributed by atoms with Crippen LogP contribution in [0.15, 0.2) is 36.5 Å². The minimum absolute atomic E-state index is 0.292. The highest BCUT2D eigenvalue weighted by Crippen LogP contribution is 2.21. The van der Waals surface area contributed by atoms with Crippen molar-refractivity contribution in [2.45, 2.75) is 25.8 Å². The molecule has 0 saturated heterocycles. The van der Waals surface area contributed by atoms with Gasteiger partial charge in [-0.3, -0.25) is 0 Å². The van der Waals surface area contributed by atoms with Crippen LogP contribution in [0.5, 0.6) is 0 Å². The number of aromatic nitrogens is 2. The van der Waals surface area contributed by atoms with E-state index in [4.69, 9.17) is 5.11 Å². The van der Waals surface area contributed by atoms with Crippen molar-refractivity contribution in [1.29, 1.82) is 0 Å². The Hall–Kier alpha value is -2.30. The number of hydrogen-bond donors (Lipinski definition) is 3. The maximum absolute atomic E-state index is 10.8. The number of hydrogen-bond acceptors (Lipinski definition) is 2. The lowest BCUT2D eigenvalue weighted by Gasteiger charge is -2.12. The van der Waals surface area contributed by atoms with Crippen LogP contribution in [0.2, 0.25) is 0 Å². The third-order valence-corrected chi connectivity index (χ3v) is 2.87. The van der Waals surface area contributed by atoms with E-state index in [-0.39, 0.29) is 6.04 Å². The van der Waals surface area contributed by atoms with Crippen molar-refractivity contribution < 1.29 is 9.90 Å². The summed E-state index contributed by atoms with van der Waals surface area (Å²) in [5, 5.41) is 11.3. The molecule has 1 aromatic heterocycles. The molecule has 2 rings (SSSR count). The Balaban J connectivity index is 2.21. The van der Waals surface area contributed by atoms with Crippen molar-refractivity contribution in [2.24, 2.45) is 0 Å². The minimum atomic E-state index is -1.03. The Morgan fingerprint density at radius 1 is 1.42 bits per heavy atom. The summed E-state index contributed by atoms with van der Waals surface area (Å²) < 4.78 is 0. The van der Waals surface area contributed by atoms with Gasteiger partial charge in [0.15, 0.2) is 0 Å². The standard InChI is InChI=1S/C14H17N3O2/c1-2-6-11(17-14(18)19)13-15-9-12(16-13)10-7-4-3-5-8-10/h3-5,7-9,11,17H,2,6H2,1H3,(H,15,16)(H,18,19). The van der Waals surface area contributed by atoms with Crippen LogP contribution in [-0.4, -0.2) is 21.2 Å². The van der Waals surface area contributed by atoms with Gasteiger partial charge < -0.3 is 15.4 Å². The first-order chi connectivity index (χ1) is 9.20. The van der Waals surface area contributed by atoms with Crippen molar-refractivity contribution in [3.05, 3.63) is 42.4 Å². The molecule has 5 nitrogen and oxygen atoms in total. The third-order valence-electron chi connectivity index (χ3n) is 2.87. The first kappa shape index (κ1) is 13.1. The number of nitrogens with one attached hydrogen (secondary N) is 2. The average Bonchev–Trinajstić information content (AvgIpc) is 2.88. The molecule has 2 aromatic rings. The maximum Gasteiger partial charge on any atom is 0.405 e. The monoisotopic (exact) mass is 259 g/mol. The SMILES string of the molecule is CCCC(NC(=O)O)c1nc(-c2ccccc2)c[nH]1. The van der Waals surface area contributed by atoms with E-state index in [1.165, 1.54) is 0 Å². The van der Waals surface area contributed by atoms with Crippen molar-refractivity contribution >= 4 is 6.09 Å². The number of carbonyl (C=O) groups is 1. The van der Waals surface area contributed by atoms with Crippen LogP contribution >= 0.6 is 0 Å². The molecular weight excluding hydrogens is 242 g/mol. The summed E-state index contributed by atoms with van der Waals surface area (Å²) in [6.07, 6.45) is 2.37. The topological polar surface area (TPSA) is 78.0 Å². The molecule has 0 spiro atoms. The Labute approximate surface area is 111 Å². The van der Waals surface area contributed by atoms with Crippen LogP contribution < -0.4 is 5.32 Å². The van der Waals surface area contributed by atoms with Gasteiger partial charge in [0.1, 0.15) is 5.82 Å². The van der Waals surface area contributed by atoms with Crippen LogP contribution in [-0.2, 0) is 0 Å². The zero-order chi connectivity index (χ0) is 13.7. The fourth-order valence-corrected chi connectivity index (χ4v) is 1.99. The highest BCUT2D eigenvalue weighted by atomic mass is 16.4. The Morgan fingerprint density at radius 2 is 2.16 bits per heavy atom. The summed E-state index contributed by atoms with van der Waals surface area (Å²) >= 11 is 0. The van der Waals surface area contributed by atoms with E-state index >= 15 is 0 Å². The summed E-state index contributed by atoms with van der Waals surface area (Å²) in [4.78, 5) is 18.3. The fraction of sp³-hybridized carbons (Fsp3) is 0.286. The molecule has 1 amide bonds. The molecule has 0 fully saturated rings. The van der Waals surface area contributed by atoms with Crippen LogP contribution in [0, 0.1) is 0 Å². The average molecular weight is 259 g/mol. The zero-order valence-electron chi connectivity index (χ0n) is 10.8. The first-order valence-electron chi connectivity index (χ1n) is 6.31. The number of H-pyrrole nitrogens is 1. The van der Waals surface area contributed by atoms with Crippen LogP contribution in [0.3, 0.4) is 0 Å². The van der Waals surface area contributed by atoms with Crippen molar-refractivity contribution in [2.75, 3.05) is 0 Å². The third kappa shape index (κ3) is 3.34. The number of nitrogens with zero attached hydrogens (tertiary/aromatic N) is 1. The summed E-state index contributed by atoms with van der Waals surface area (Å²) in [7, 11) is 0. The van der Waals surface area contributed by atoms with E-state index in [1.807, 2.05) is 37.3 Å². The van der Waals surface area contributed by atoms with Gasteiger partial charge in [0, 0.05) is 11.8 Å². The maximum atomic E-state index is 10.8. The fourth-order valence-electron chi connectivity index (χ4n) is 1.99. The molecule has 0 saturated carbocycles. The zero-order valence-corrected chi connectivity index (χ0v) is 10.8. The van der Waals surface area contributed by atoms with Crippen molar-refractivity contribution in [3.63, 3.8) is 0 Å². The number of carboxylic acid groups (broad SMARTS) is 1. The molecule has 1 heterocycles. The molecule has 0 radical (unpaired) electrons. The van der Waals surface area contributed by atoms with Gasteiger partial charge in [0.2, 0.25) is 0 Å². The molecule has 0 aliphatic carbocycles. The summed E-state index contributed by atoms with van der Waals surface area (Å²) in [5.41, 5.74) is 1.83. The molecule has 1 atom stereocenters. The second kappa shape index (κ2) is 6.04. The number of amides is 1. The highest BCUT2D eigenvalue weighted by molar-refractivity contribution is 5.65. The molecule has 100 valence electrons. The normalized spacial score (nSPS) is 12.1. The van der Waals surface area contributed by atoms with Gasteiger partial charge >= 0.3 is 6.09 Å². The Bertz CT molecular complexity index is 537. The van der Waals surface area contributed by atoms with Gasteiger partial charge in [0.25, 0.3) is 0 Å². The number of benzene rings is 1. The highest BCUT2D eigenvalue weighted by Gasteiger charge is 2.16. The molecule has 19 heavy (non-hydrogen) atoms.